The summed E-state index contributed by atoms with van der Waals surface area (Å²) in [5.74, 6) is 1.71. The first-order chi connectivity index (χ1) is 12.7. The summed E-state index contributed by atoms with van der Waals surface area (Å²) in [7, 11) is 1.81. The van der Waals surface area contributed by atoms with Gasteiger partial charge in [0.25, 0.3) is 0 Å². The van der Waals surface area contributed by atoms with Gasteiger partial charge < -0.3 is 15.5 Å². The van der Waals surface area contributed by atoms with Crippen LogP contribution < -0.4 is 15.5 Å². The number of aromatic nitrogens is 1. The predicted molar refractivity (Wildman–Crippen MR) is 125 cm³/mol. The van der Waals surface area contributed by atoms with Crippen molar-refractivity contribution in [1.29, 1.82) is 0 Å². The molecule has 7 heteroatoms. The molecule has 0 aliphatic carbocycles. The summed E-state index contributed by atoms with van der Waals surface area (Å²) in [6.45, 7) is 4.78. The molecule has 5 nitrogen and oxygen atoms in total. The van der Waals surface area contributed by atoms with Crippen molar-refractivity contribution in [2.75, 3.05) is 31.6 Å². The van der Waals surface area contributed by atoms with E-state index in [4.69, 9.17) is 11.6 Å². The molecule has 146 valence electrons. The monoisotopic (exact) mass is 499 g/mol. The molecule has 1 saturated heterocycles. The normalized spacial score (nSPS) is 16.8. The van der Waals surface area contributed by atoms with Crippen LogP contribution in [0.1, 0.15) is 17.5 Å². The van der Waals surface area contributed by atoms with Crippen molar-refractivity contribution in [2.45, 2.75) is 25.8 Å². The highest BCUT2D eigenvalue weighted by atomic mass is 127. The zero-order valence-corrected chi connectivity index (χ0v) is 18.9. The van der Waals surface area contributed by atoms with Crippen LogP contribution in [-0.4, -0.2) is 43.7 Å². The topological polar surface area (TPSA) is 52.6 Å². The maximum atomic E-state index is 6.26. The van der Waals surface area contributed by atoms with E-state index >= 15 is 0 Å². The molecule has 2 aromatic rings. The first-order valence-electron chi connectivity index (χ1n) is 9.04. The van der Waals surface area contributed by atoms with Gasteiger partial charge in [-0.2, -0.15) is 0 Å². The lowest BCUT2D eigenvalue weighted by molar-refractivity contribution is 0.648. The molecule has 1 aromatic carbocycles. The molecule has 0 saturated carbocycles. The summed E-state index contributed by atoms with van der Waals surface area (Å²) in [5.41, 5.74) is 2.63. The Morgan fingerprint density at radius 3 is 2.93 bits per heavy atom. The van der Waals surface area contributed by atoms with Crippen LogP contribution in [0.5, 0.6) is 0 Å². The van der Waals surface area contributed by atoms with Crippen molar-refractivity contribution in [3.8, 4) is 0 Å². The first-order valence-corrected chi connectivity index (χ1v) is 9.41. The number of pyridine rings is 1. The van der Waals surface area contributed by atoms with Crippen molar-refractivity contribution in [3.63, 3.8) is 0 Å². The lowest BCUT2D eigenvalue weighted by Gasteiger charge is -2.20. The lowest BCUT2D eigenvalue weighted by Crippen LogP contribution is -2.45. The highest BCUT2D eigenvalue weighted by Crippen LogP contribution is 2.25. The molecule has 1 atom stereocenters. The smallest absolute Gasteiger partial charge is 0.191 e. The minimum Gasteiger partial charge on any atom is -0.356 e. The minimum atomic E-state index is 0. The molecule has 0 bridgehead atoms. The number of hydrogen-bond donors (Lipinski definition) is 2. The summed E-state index contributed by atoms with van der Waals surface area (Å²) in [5, 5.41) is 7.62. The summed E-state index contributed by atoms with van der Waals surface area (Å²) < 4.78 is 0. The number of anilines is 1. The molecule has 0 spiro atoms. The highest BCUT2D eigenvalue weighted by molar-refractivity contribution is 14.0. The molecular formula is C20H27ClIN5. The fraction of sp³-hybridized carbons (Fsp3) is 0.400. The van der Waals surface area contributed by atoms with Gasteiger partial charge in [-0.1, -0.05) is 41.4 Å². The molecule has 1 aliphatic rings. The number of guanidine groups is 1. The SMILES string of the molecule is CN=C(NCCc1cccc(C)c1)NC1CCN(c2ncccc2Cl)C1.I. The van der Waals surface area contributed by atoms with Gasteiger partial charge in [0.1, 0.15) is 5.82 Å². The number of rotatable bonds is 5. The van der Waals surface area contributed by atoms with E-state index in [1.54, 1.807) is 6.20 Å². The third-order valence-corrected chi connectivity index (χ3v) is 4.87. The van der Waals surface area contributed by atoms with Gasteiger partial charge in [0.15, 0.2) is 5.96 Å². The van der Waals surface area contributed by atoms with Gasteiger partial charge in [-0.05, 0) is 37.5 Å². The van der Waals surface area contributed by atoms with E-state index in [2.05, 4.69) is 56.7 Å². The standard InChI is InChI=1S/C20H26ClN5.HI/c1-15-5-3-6-16(13-15)8-11-24-20(22-2)25-17-9-12-26(14-17)19-18(21)7-4-10-23-19;/h3-7,10,13,17H,8-9,11-12,14H2,1-2H3,(H2,22,24,25);1H. The Hall–Kier alpha value is -1.54. The van der Waals surface area contributed by atoms with Crippen LogP contribution >= 0.6 is 35.6 Å². The van der Waals surface area contributed by atoms with Crippen molar-refractivity contribution < 1.29 is 0 Å². The molecule has 1 fully saturated rings. The van der Waals surface area contributed by atoms with Crippen LogP contribution in [0.4, 0.5) is 5.82 Å². The zero-order chi connectivity index (χ0) is 18.4. The molecule has 1 aromatic heterocycles. The minimum absolute atomic E-state index is 0. The van der Waals surface area contributed by atoms with Gasteiger partial charge in [0, 0.05) is 38.9 Å². The molecule has 0 radical (unpaired) electrons. The number of nitrogens with zero attached hydrogens (tertiary/aromatic N) is 3. The van der Waals surface area contributed by atoms with Crippen LogP contribution in [0.3, 0.4) is 0 Å². The molecule has 3 rings (SSSR count). The van der Waals surface area contributed by atoms with Gasteiger partial charge in [0.05, 0.1) is 5.02 Å². The molecule has 1 unspecified atom stereocenters. The first kappa shape index (κ1) is 21.8. The maximum Gasteiger partial charge on any atom is 0.191 e. The highest BCUT2D eigenvalue weighted by Gasteiger charge is 2.25. The number of halogens is 2. The van der Waals surface area contributed by atoms with Crippen LogP contribution in [0, 0.1) is 6.92 Å². The van der Waals surface area contributed by atoms with Gasteiger partial charge >= 0.3 is 0 Å². The summed E-state index contributed by atoms with van der Waals surface area (Å²) in [6.07, 6.45) is 3.79. The van der Waals surface area contributed by atoms with Crippen LogP contribution in [0.25, 0.3) is 0 Å². The number of benzene rings is 1. The fourth-order valence-electron chi connectivity index (χ4n) is 3.26. The molecule has 1 aliphatic heterocycles. The molecule has 27 heavy (non-hydrogen) atoms. The number of aliphatic imine (C=N–C) groups is 1. The van der Waals surface area contributed by atoms with E-state index in [1.165, 1.54) is 11.1 Å². The van der Waals surface area contributed by atoms with E-state index in [1.807, 2.05) is 19.2 Å². The Balaban J connectivity index is 0.00000261. The summed E-state index contributed by atoms with van der Waals surface area (Å²) >= 11 is 6.26. The Bertz CT molecular complexity index is 768. The third-order valence-electron chi connectivity index (χ3n) is 4.58. The Kier molecular flexibility index (Phi) is 8.63. The predicted octanol–water partition coefficient (Wildman–Crippen LogP) is 3.65. The second kappa shape index (κ2) is 10.7. The number of aryl methyl sites for hydroxylation is 1. The van der Waals surface area contributed by atoms with Crippen molar-refractivity contribution in [3.05, 3.63) is 58.7 Å². The second-order valence-corrected chi connectivity index (χ2v) is 7.03. The van der Waals surface area contributed by atoms with Crippen molar-refractivity contribution in [1.82, 2.24) is 15.6 Å². The van der Waals surface area contributed by atoms with E-state index in [-0.39, 0.29) is 24.0 Å². The van der Waals surface area contributed by atoms with Crippen LogP contribution in [-0.2, 0) is 6.42 Å². The second-order valence-electron chi connectivity index (χ2n) is 6.62. The van der Waals surface area contributed by atoms with E-state index in [0.29, 0.717) is 11.1 Å². The summed E-state index contributed by atoms with van der Waals surface area (Å²) in [4.78, 5) is 11.0. The summed E-state index contributed by atoms with van der Waals surface area (Å²) in [6, 6.07) is 12.7. The van der Waals surface area contributed by atoms with Gasteiger partial charge in [-0.25, -0.2) is 4.98 Å². The number of nitrogens with one attached hydrogen (secondary N) is 2. The average molecular weight is 500 g/mol. The lowest BCUT2D eigenvalue weighted by atomic mass is 10.1. The van der Waals surface area contributed by atoms with E-state index < -0.39 is 0 Å². The third kappa shape index (κ3) is 6.24. The van der Waals surface area contributed by atoms with Gasteiger partial charge in [-0.3, -0.25) is 4.99 Å². The van der Waals surface area contributed by atoms with Gasteiger partial charge in [0.2, 0.25) is 0 Å². The van der Waals surface area contributed by atoms with Crippen molar-refractivity contribution >= 4 is 47.4 Å². The van der Waals surface area contributed by atoms with E-state index in [0.717, 1.165) is 44.3 Å². The fourth-order valence-corrected chi connectivity index (χ4v) is 3.50. The van der Waals surface area contributed by atoms with Crippen molar-refractivity contribution in [2.24, 2.45) is 4.99 Å². The Labute approximate surface area is 183 Å². The molecule has 0 amide bonds. The average Bonchev–Trinajstić information content (AvgIpc) is 3.09. The number of hydrogen-bond acceptors (Lipinski definition) is 3. The van der Waals surface area contributed by atoms with E-state index in [9.17, 15) is 0 Å². The largest absolute Gasteiger partial charge is 0.356 e. The molecule has 2 N–H and O–H groups in total. The Morgan fingerprint density at radius 2 is 2.19 bits per heavy atom. The maximum absolute atomic E-state index is 6.26. The Morgan fingerprint density at radius 1 is 1.33 bits per heavy atom. The molecule has 2 heterocycles. The van der Waals surface area contributed by atoms with Crippen LogP contribution in [0.2, 0.25) is 5.02 Å². The quantitative estimate of drug-likeness (QED) is 0.375. The molecular weight excluding hydrogens is 473 g/mol. The van der Waals surface area contributed by atoms with Crippen LogP contribution in [0.15, 0.2) is 47.6 Å². The van der Waals surface area contributed by atoms with Gasteiger partial charge in [-0.15, -0.1) is 24.0 Å². The zero-order valence-electron chi connectivity index (χ0n) is 15.8.